The molecule has 3 aliphatic rings. The quantitative estimate of drug-likeness (QED) is 0.209. The molecule has 1 N–H and O–H groups in total. The van der Waals surface area contributed by atoms with Crippen molar-refractivity contribution in [1.82, 2.24) is 0 Å². The molecule has 5 rings (SSSR count). The molecule has 0 amide bonds. The molecule has 0 aromatic heterocycles. The van der Waals surface area contributed by atoms with Crippen LogP contribution in [0.1, 0.15) is 75.6 Å². The summed E-state index contributed by atoms with van der Waals surface area (Å²) in [6.07, 6.45) is 12.4. The number of anilines is 1. The molecular formula is C39H51N2O3+. The van der Waals surface area contributed by atoms with E-state index in [1.165, 1.54) is 45.0 Å². The minimum Gasteiger partial charge on any atom is -0.507 e. The van der Waals surface area contributed by atoms with Gasteiger partial charge < -0.3 is 19.5 Å². The normalized spacial score (nSPS) is 20.6. The van der Waals surface area contributed by atoms with Crippen LogP contribution in [0.2, 0.25) is 0 Å². The van der Waals surface area contributed by atoms with Gasteiger partial charge in [0.15, 0.2) is 12.3 Å². The van der Waals surface area contributed by atoms with Gasteiger partial charge in [-0.3, -0.25) is 0 Å². The molecule has 0 unspecified atom stereocenters. The number of aliphatic hydroxyl groups is 1. The van der Waals surface area contributed by atoms with E-state index in [9.17, 15) is 5.11 Å². The van der Waals surface area contributed by atoms with Gasteiger partial charge in [0.1, 0.15) is 5.76 Å². The largest absolute Gasteiger partial charge is 0.507 e. The monoisotopic (exact) mass is 595 g/mol. The molecule has 0 spiro atoms. The second-order valence-corrected chi connectivity index (χ2v) is 13.6. The Hall–Kier alpha value is -3.41. The van der Waals surface area contributed by atoms with Crippen LogP contribution in [0, 0.1) is 13.8 Å². The van der Waals surface area contributed by atoms with Crippen molar-refractivity contribution >= 4 is 17.1 Å². The summed E-state index contributed by atoms with van der Waals surface area (Å²) in [5.74, 6) is 0.420. The van der Waals surface area contributed by atoms with E-state index in [1.807, 2.05) is 0 Å². The molecule has 0 radical (unpaired) electrons. The Balaban J connectivity index is 1.46. The maximum absolute atomic E-state index is 11.4. The zero-order valence-corrected chi connectivity index (χ0v) is 28.1. The number of hydrogen-bond acceptors (Lipinski definition) is 4. The standard InChI is InChI=1S/C39H50N2O3/c1-27-11-17-33-31(25-27)38(3,4)35(40(33)21-9-23-43-7)19-15-29-13-14-30(37(29)42)16-20-36-39(5,6)32-26-28(2)12-18-34(32)41(36)22-10-24-44-8/h11-12,15-20,25-26H,9-10,13-14,21-24H2,1-8H3/p+1/b29-15+,35-19+. The predicted molar refractivity (Wildman–Crippen MR) is 183 cm³/mol. The highest BCUT2D eigenvalue weighted by atomic mass is 16.5. The Labute approximate surface area is 264 Å². The molecule has 5 heteroatoms. The van der Waals surface area contributed by atoms with Gasteiger partial charge in [0.25, 0.3) is 0 Å². The lowest BCUT2D eigenvalue weighted by Gasteiger charge is -2.27. The summed E-state index contributed by atoms with van der Waals surface area (Å²) in [6.45, 7) is 16.8. The van der Waals surface area contributed by atoms with Crippen molar-refractivity contribution in [1.29, 1.82) is 0 Å². The van der Waals surface area contributed by atoms with E-state index in [2.05, 4.69) is 112 Å². The fourth-order valence-electron chi connectivity index (χ4n) is 7.19. The molecule has 0 saturated carbocycles. The fraction of sp³-hybridized carbons (Fsp3) is 0.462. The molecule has 44 heavy (non-hydrogen) atoms. The van der Waals surface area contributed by atoms with E-state index < -0.39 is 0 Å². The lowest BCUT2D eigenvalue weighted by molar-refractivity contribution is -0.438. The summed E-state index contributed by atoms with van der Waals surface area (Å²) in [6, 6.07) is 13.6. The van der Waals surface area contributed by atoms with Crippen LogP contribution in [0.4, 0.5) is 11.4 Å². The fourth-order valence-corrected chi connectivity index (χ4v) is 7.19. The van der Waals surface area contributed by atoms with Crippen molar-refractivity contribution in [3.63, 3.8) is 0 Å². The second kappa shape index (κ2) is 12.9. The van der Waals surface area contributed by atoms with Crippen LogP contribution in [0.15, 0.2) is 83.3 Å². The second-order valence-electron chi connectivity index (χ2n) is 13.6. The van der Waals surface area contributed by atoms with Crippen molar-refractivity contribution in [2.45, 2.75) is 78.1 Å². The third-order valence-corrected chi connectivity index (χ3v) is 9.71. The summed E-state index contributed by atoms with van der Waals surface area (Å²) < 4.78 is 13.2. The Morgan fingerprint density at radius 3 is 2.25 bits per heavy atom. The zero-order chi connectivity index (χ0) is 31.6. The molecular weight excluding hydrogens is 544 g/mol. The maximum atomic E-state index is 11.4. The predicted octanol–water partition coefficient (Wildman–Crippen LogP) is 8.52. The van der Waals surface area contributed by atoms with Gasteiger partial charge in [0, 0.05) is 68.3 Å². The number of aliphatic hydroxyl groups excluding tert-OH is 1. The van der Waals surface area contributed by atoms with Gasteiger partial charge in [-0.25, -0.2) is 0 Å². The molecule has 1 aliphatic carbocycles. The third-order valence-electron chi connectivity index (χ3n) is 9.71. The van der Waals surface area contributed by atoms with Crippen LogP contribution < -0.4 is 4.90 Å². The van der Waals surface area contributed by atoms with Crippen LogP contribution >= 0.6 is 0 Å². The summed E-state index contributed by atoms with van der Waals surface area (Å²) in [5, 5.41) is 11.4. The average Bonchev–Trinajstić information content (AvgIpc) is 3.51. The Kier molecular flexibility index (Phi) is 9.38. The van der Waals surface area contributed by atoms with Gasteiger partial charge in [0.2, 0.25) is 5.69 Å². The molecule has 5 nitrogen and oxygen atoms in total. The number of fused-ring (bicyclic) bond motifs is 2. The van der Waals surface area contributed by atoms with Crippen LogP contribution in [-0.4, -0.2) is 55.9 Å². The number of aryl methyl sites for hydroxylation is 2. The first-order valence-corrected chi connectivity index (χ1v) is 16.1. The van der Waals surface area contributed by atoms with Crippen molar-refractivity contribution in [2.75, 3.05) is 45.4 Å². The van der Waals surface area contributed by atoms with E-state index in [1.54, 1.807) is 14.2 Å². The lowest BCUT2D eigenvalue weighted by Crippen LogP contribution is -2.28. The van der Waals surface area contributed by atoms with Crippen LogP contribution in [0.25, 0.3) is 0 Å². The van der Waals surface area contributed by atoms with Crippen molar-refractivity contribution in [3.8, 4) is 0 Å². The number of hydrogen-bond donors (Lipinski definition) is 1. The molecule has 0 fully saturated rings. The average molecular weight is 596 g/mol. The Morgan fingerprint density at radius 1 is 0.841 bits per heavy atom. The Morgan fingerprint density at radius 2 is 1.52 bits per heavy atom. The van der Waals surface area contributed by atoms with E-state index >= 15 is 0 Å². The van der Waals surface area contributed by atoms with E-state index in [0.717, 1.165) is 63.1 Å². The molecule has 2 aliphatic heterocycles. The van der Waals surface area contributed by atoms with E-state index in [-0.39, 0.29) is 10.8 Å². The van der Waals surface area contributed by atoms with Gasteiger partial charge in [-0.15, -0.1) is 0 Å². The highest BCUT2D eigenvalue weighted by Gasteiger charge is 2.44. The zero-order valence-electron chi connectivity index (χ0n) is 28.1. The van der Waals surface area contributed by atoms with Gasteiger partial charge in [-0.1, -0.05) is 49.2 Å². The summed E-state index contributed by atoms with van der Waals surface area (Å²) in [7, 11) is 3.52. The summed E-state index contributed by atoms with van der Waals surface area (Å²) in [4.78, 5) is 2.44. The lowest BCUT2D eigenvalue weighted by atomic mass is 9.80. The molecule has 234 valence electrons. The van der Waals surface area contributed by atoms with Gasteiger partial charge in [-0.2, -0.15) is 4.58 Å². The van der Waals surface area contributed by atoms with Gasteiger partial charge in [0.05, 0.1) is 12.0 Å². The first kappa shape index (κ1) is 32.0. The number of nitrogens with zero attached hydrogens (tertiary/aromatic N) is 2. The molecule has 2 aromatic carbocycles. The summed E-state index contributed by atoms with van der Waals surface area (Å²) in [5.41, 5.74) is 12.1. The van der Waals surface area contributed by atoms with E-state index in [4.69, 9.17) is 9.47 Å². The third kappa shape index (κ3) is 5.97. The molecule has 0 atom stereocenters. The van der Waals surface area contributed by atoms with Crippen LogP contribution in [-0.2, 0) is 20.3 Å². The molecule has 2 aromatic rings. The first-order valence-electron chi connectivity index (χ1n) is 16.1. The SMILES string of the molecule is COCCCN1/C(=C/C=C2\CCC(/C=C/C3=[N+](CCCOC)c4ccc(C)cc4C3(C)C)=C2O)C(C)(C)c2cc(C)ccc21. The van der Waals surface area contributed by atoms with Crippen LogP contribution in [0.5, 0.6) is 0 Å². The molecule has 0 bridgehead atoms. The molecule has 0 saturated heterocycles. The number of rotatable bonds is 11. The van der Waals surface area contributed by atoms with Crippen molar-refractivity contribution < 1.29 is 19.2 Å². The maximum Gasteiger partial charge on any atom is 0.209 e. The number of allylic oxidation sites excluding steroid dienone is 7. The van der Waals surface area contributed by atoms with Gasteiger partial charge >= 0.3 is 0 Å². The van der Waals surface area contributed by atoms with Crippen molar-refractivity contribution in [2.24, 2.45) is 0 Å². The smallest absolute Gasteiger partial charge is 0.209 e. The number of benzene rings is 2. The first-order chi connectivity index (χ1) is 21.0. The van der Waals surface area contributed by atoms with Crippen molar-refractivity contribution in [3.05, 3.63) is 106 Å². The summed E-state index contributed by atoms with van der Waals surface area (Å²) >= 11 is 0. The van der Waals surface area contributed by atoms with Gasteiger partial charge in [-0.05, 0) is 88.0 Å². The number of ether oxygens (including phenoxy) is 2. The topological polar surface area (TPSA) is 44.9 Å². The highest BCUT2D eigenvalue weighted by Crippen LogP contribution is 2.48. The minimum absolute atomic E-state index is 0.128. The minimum atomic E-state index is -0.128. The number of methoxy groups -OCH3 is 2. The highest BCUT2D eigenvalue weighted by molar-refractivity contribution is 6.03. The molecule has 2 heterocycles. The van der Waals surface area contributed by atoms with E-state index in [0.29, 0.717) is 5.76 Å². The Bertz CT molecular complexity index is 1570. The van der Waals surface area contributed by atoms with Crippen LogP contribution in [0.3, 0.4) is 0 Å².